The quantitative estimate of drug-likeness (QED) is 0.926. The molecule has 1 aromatic heterocycles. The van der Waals surface area contributed by atoms with Crippen LogP contribution in [0.2, 0.25) is 0 Å². The molecule has 25 heavy (non-hydrogen) atoms. The number of nitrogens with zero attached hydrogens (tertiary/aromatic N) is 4. The highest BCUT2D eigenvalue weighted by atomic mass is 16.5. The molecule has 2 aliphatic heterocycles. The number of nitrogens with one attached hydrogen (secondary N) is 1. The number of ether oxygens (including phenoxy) is 1. The molecule has 1 aromatic carbocycles. The molecule has 0 saturated carbocycles. The summed E-state index contributed by atoms with van der Waals surface area (Å²) in [5, 5.41) is 12.6. The smallest absolute Gasteiger partial charge is 0.0992 e. The Kier molecular flexibility index (Phi) is 4.20. The fourth-order valence-electron chi connectivity index (χ4n) is 3.96. The third-order valence-corrected chi connectivity index (χ3v) is 5.27. The lowest BCUT2D eigenvalue weighted by Gasteiger charge is -2.23. The lowest BCUT2D eigenvalue weighted by atomic mass is 9.97. The molecule has 0 radical (unpaired) electrons. The first-order chi connectivity index (χ1) is 12.2. The maximum Gasteiger partial charge on any atom is 0.0992 e. The molecule has 6 nitrogen and oxygen atoms in total. The number of hydrogen-bond acceptors (Lipinski definition) is 5. The summed E-state index contributed by atoms with van der Waals surface area (Å²) >= 11 is 0. The monoisotopic (exact) mass is 337 g/mol. The van der Waals surface area contributed by atoms with Crippen molar-refractivity contribution in [3.05, 3.63) is 48.0 Å². The van der Waals surface area contributed by atoms with Crippen molar-refractivity contribution in [2.24, 2.45) is 7.05 Å². The molecule has 6 heteroatoms. The lowest BCUT2D eigenvalue weighted by Crippen LogP contribution is -2.33. The number of aryl methyl sites for hydroxylation is 1. The molecule has 3 heterocycles. The van der Waals surface area contributed by atoms with E-state index in [0.29, 0.717) is 11.6 Å². The summed E-state index contributed by atoms with van der Waals surface area (Å²) in [6, 6.07) is 10.1. The van der Waals surface area contributed by atoms with Crippen LogP contribution >= 0.6 is 0 Å². The van der Waals surface area contributed by atoms with Crippen molar-refractivity contribution in [2.45, 2.75) is 31.0 Å². The molecule has 2 fully saturated rings. The summed E-state index contributed by atoms with van der Waals surface area (Å²) in [6.07, 6.45) is 5.86. The van der Waals surface area contributed by atoms with Crippen LogP contribution < -0.4 is 5.32 Å². The van der Waals surface area contributed by atoms with Crippen molar-refractivity contribution < 1.29 is 4.74 Å². The third kappa shape index (κ3) is 3.39. The number of anilines is 1. The van der Waals surface area contributed by atoms with Gasteiger partial charge in [-0.3, -0.25) is 4.90 Å². The molecule has 0 unspecified atom stereocenters. The summed E-state index contributed by atoms with van der Waals surface area (Å²) in [5.74, 6) is 0. The minimum atomic E-state index is -0.0386. The van der Waals surface area contributed by atoms with Crippen LogP contribution in [0.15, 0.2) is 36.8 Å². The van der Waals surface area contributed by atoms with Crippen LogP contribution in [0.25, 0.3) is 0 Å². The normalized spacial score (nSPS) is 26.2. The Labute approximate surface area is 148 Å². The van der Waals surface area contributed by atoms with Gasteiger partial charge in [0.25, 0.3) is 0 Å². The molecule has 2 saturated heterocycles. The fourth-order valence-corrected chi connectivity index (χ4v) is 3.96. The number of benzene rings is 1. The van der Waals surface area contributed by atoms with Crippen molar-refractivity contribution >= 4 is 5.69 Å². The van der Waals surface area contributed by atoms with Gasteiger partial charge < -0.3 is 14.6 Å². The molecule has 1 N–H and O–H groups in total. The summed E-state index contributed by atoms with van der Waals surface area (Å²) in [7, 11) is 2.04. The molecular formula is C19H23N5O. The third-order valence-electron chi connectivity index (χ3n) is 5.27. The molecule has 2 atom stereocenters. The van der Waals surface area contributed by atoms with Crippen LogP contribution in [0.1, 0.15) is 24.1 Å². The van der Waals surface area contributed by atoms with Crippen molar-refractivity contribution in [1.29, 1.82) is 5.26 Å². The van der Waals surface area contributed by atoms with E-state index >= 15 is 0 Å². The van der Waals surface area contributed by atoms with Gasteiger partial charge in [0.05, 0.1) is 41.9 Å². The van der Waals surface area contributed by atoms with E-state index in [-0.39, 0.29) is 5.60 Å². The van der Waals surface area contributed by atoms with Crippen LogP contribution in [0.3, 0.4) is 0 Å². The van der Waals surface area contributed by atoms with Gasteiger partial charge in [-0.1, -0.05) is 6.07 Å². The predicted molar refractivity (Wildman–Crippen MR) is 95.0 cm³/mol. The van der Waals surface area contributed by atoms with E-state index in [1.54, 1.807) is 0 Å². The van der Waals surface area contributed by atoms with Gasteiger partial charge in [-0.25, -0.2) is 4.98 Å². The maximum atomic E-state index is 9.03. The van der Waals surface area contributed by atoms with E-state index in [4.69, 9.17) is 10.00 Å². The highest BCUT2D eigenvalue weighted by molar-refractivity contribution is 5.50. The molecule has 0 amide bonds. The summed E-state index contributed by atoms with van der Waals surface area (Å²) in [5.41, 5.74) is 2.87. The van der Waals surface area contributed by atoms with Crippen molar-refractivity contribution in [1.82, 2.24) is 14.5 Å². The van der Waals surface area contributed by atoms with Crippen molar-refractivity contribution in [2.75, 3.05) is 25.0 Å². The maximum absolute atomic E-state index is 9.03. The Balaban J connectivity index is 1.36. The average Bonchev–Trinajstić information content (AvgIpc) is 3.31. The molecule has 2 aromatic rings. The van der Waals surface area contributed by atoms with Crippen LogP contribution in [-0.4, -0.2) is 45.8 Å². The Morgan fingerprint density at radius 2 is 2.40 bits per heavy atom. The molecule has 1 spiro atoms. The van der Waals surface area contributed by atoms with E-state index in [2.05, 4.69) is 25.8 Å². The van der Waals surface area contributed by atoms with Gasteiger partial charge in [-0.05, 0) is 24.6 Å². The van der Waals surface area contributed by atoms with Gasteiger partial charge in [0.1, 0.15) is 0 Å². The van der Waals surface area contributed by atoms with Crippen LogP contribution in [0, 0.1) is 11.3 Å². The van der Waals surface area contributed by atoms with Crippen LogP contribution in [0.4, 0.5) is 5.69 Å². The molecule has 4 rings (SSSR count). The first kappa shape index (κ1) is 16.1. The number of aromatic nitrogens is 2. The van der Waals surface area contributed by atoms with Gasteiger partial charge in [-0.2, -0.15) is 5.26 Å². The first-order valence-corrected chi connectivity index (χ1v) is 8.74. The average molecular weight is 337 g/mol. The molecule has 0 aliphatic carbocycles. The summed E-state index contributed by atoms with van der Waals surface area (Å²) in [6.45, 7) is 3.66. The predicted octanol–water partition coefficient (Wildman–Crippen LogP) is 2.14. The molecular weight excluding hydrogens is 314 g/mol. The number of imidazole rings is 1. The van der Waals surface area contributed by atoms with Crippen LogP contribution in [0.5, 0.6) is 0 Å². The number of hydrogen-bond donors (Lipinski definition) is 1. The van der Waals surface area contributed by atoms with Gasteiger partial charge in [0, 0.05) is 45.0 Å². The van der Waals surface area contributed by atoms with Gasteiger partial charge in [0.15, 0.2) is 0 Å². The Morgan fingerprint density at radius 1 is 1.48 bits per heavy atom. The van der Waals surface area contributed by atoms with E-state index in [1.807, 2.05) is 43.8 Å². The van der Waals surface area contributed by atoms with E-state index in [0.717, 1.165) is 44.8 Å². The molecule has 130 valence electrons. The second kappa shape index (κ2) is 6.51. The zero-order valence-electron chi connectivity index (χ0n) is 14.5. The largest absolute Gasteiger partial charge is 0.380 e. The van der Waals surface area contributed by atoms with E-state index in [1.165, 1.54) is 5.69 Å². The second-order valence-corrected chi connectivity index (χ2v) is 7.19. The number of likely N-dealkylation sites (tertiary alicyclic amines) is 1. The van der Waals surface area contributed by atoms with E-state index < -0.39 is 0 Å². The molecule has 2 aliphatic rings. The zero-order valence-corrected chi connectivity index (χ0v) is 14.5. The van der Waals surface area contributed by atoms with Crippen molar-refractivity contribution in [3.63, 3.8) is 0 Å². The highest BCUT2D eigenvalue weighted by Crippen LogP contribution is 2.36. The fraction of sp³-hybridized carbons (Fsp3) is 0.474. The Hall–Kier alpha value is -2.36. The minimum absolute atomic E-state index is 0.0386. The van der Waals surface area contributed by atoms with Gasteiger partial charge in [0.2, 0.25) is 0 Å². The topological polar surface area (TPSA) is 66.1 Å². The first-order valence-electron chi connectivity index (χ1n) is 8.74. The van der Waals surface area contributed by atoms with Gasteiger partial charge >= 0.3 is 0 Å². The van der Waals surface area contributed by atoms with Crippen molar-refractivity contribution in [3.8, 4) is 6.07 Å². The molecule has 0 bridgehead atoms. The van der Waals surface area contributed by atoms with E-state index in [9.17, 15) is 0 Å². The lowest BCUT2D eigenvalue weighted by molar-refractivity contribution is 0.0118. The summed E-state index contributed by atoms with van der Waals surface area (Å²) in [4.78, 5) is 6.65. The summed E-state index contributed by atoms with van der Waals surface area (Å²) < 4.78 is 8.31. The second-order valence-electron chi connectivity index (χ2n) is 7.19. The zero-order chi connectivity index (χ0) is 17.3. The van der Waals surface area contributed by atoms with Crippen LogP contribution in [-0.2, 0) is 18.3 Å². The SMILES string of the molecule is Cn1cncc1CN1CC[C@@]2(C[C@H](Nc3cccc(C#N)c3)CO2)C1. The number of rotatable bonds is 4. The highest BCUT2D eigenvalue weighted by Gasteiger charge is 2.45. The Bertz CT molecular complexity index is 795. The number of nitriles is 1. The Morgan fingerprint density at radius 3 is 3.20 bits per heavy atom. The van der Waals surface area contributed by atoms with Gasteiger partial charge in [-0.15, -0.1) is 0 Å². The standard InChI is InChI=1S/C19H23N5O/c1-23-14-21-10-18(23)11-24-6-5-19(13-24)8-17(12-25-19)22-16-4-2-3-15(7-16)9-20/h2-4,7,10,14,17,22H,5-6,8,11-13H2,1H3/t17-,19+/m0/s1. The minimum Gasteiger partial charge on any atom is -0.380 e.